The average molecular weight is 359 g/mol. The van der Waals surface area contributed by atoms with Crippen molar-refractivity contribution in [3.8, 4) is 0 Å². The number of amides is 3. The molecular formula is C18H21N3O3S. The van der Waals surface area contributed by atoms with Gasteiger partial charge in [-0.25, -0.2) is 0 Å². The maximum Gasteiger partial charge on any atom is 0.261 e. The molecule has 1 heterocycles. The second kappa shape index (κ2) is 8.43. The number of benzene rings is 1. The van der Waals surface area contributed by atoms with Gasteiger partial charge < -0.3 is 16.0 Å². The molecule has 0 unspecified atom stereocenters. The largest absolute Gasteiger partial charge is 0.350 e. The van der Waals surface area contributed by atoms with Gasteiger partial charge in [0.25, 0.3) is 11.8 Å². The highest BCUT2D eigenvalue weighted by atomic mass is 32.1. The van der Waals surface area contributed by atoms with Crippen molar-refractivity contribution in [2.75, 3.05) is 11.9 Å². The third kappa shape index (κ3) is 5.72. The van der Waals surface area contributed by atoms with Crippen LogP contribution in [-0.2, 0) is 4.79 Å². The summed E-state index contributed by atoms with van der Waals surface area (Å²) in [5, 5.41) is 8.05. The van der Waals surface area contributed by atoms with Crippen LogP contribution in [-0.4, -0.2) is 30.3 Å². The summed E-state index contributed by atoms with van der Waals surface area (Å²) < 4.78 is 0. The molecule has 0 aliphatic carbocycles. The lowest BCUT2D eigenvalue weighted by Gasteiger charge is -2.09. The van der Waals surface area contributed by atoms with Crippen molar-refractivity contribution in [1.82, 2.24) is 10.6 Å². The molecule has 0 atom stereocenters. The molecular weight excluding hydrogens is 338 g/mol. The normalized spacial score (nSPS) is 10.4. The molecule has 132 valence electrons. The van der Waals surface area contributed by atoms with E-state index in [-0.39, 0.29) is 30.3 Å². The summed E-state index contributed by atoms with van der Waals surface area (Å²) in [5.41, 5.74) is 1.08. The third-order valence-electron chi connectivity index (χ3n) is 3.22. The SMILES string of the molecule is Cc1ccc(C(=O)NCC(=O)Nc2ccc(C(=O)NC(C)C)cc2)s1. The number of hydrogen-bond acceptors (Lipinski definition) is 4. The molecule has 3 amide bonds. The van der Waals surface area contributed by atoms with Crippen molar-refractivity contribution in [2.24, 2.45) is 0 Å². The van der Waals surface area contributed by atoms with Gasteiger partial charge in [-0.3, -0.25) is 14.4 Å². The van der Waals surface area contributed by atoms with Crippen LogP contribution in [0.2, 0.25) is 0 Å². The lowest BCUT2D eigenvalue weighted by molar-refractivity contribution is -0.115. The zero-order chi connectivity index (χ0) is 18.4. The van der Waals surface area contributed by atoms with Crippen LogP contribution in [0.25, 0.3) is 0 Å². The van der Waals surface area contributed by atoms with Crippen molar-refractivity contribution >= 4 is 34.7 Å². The lowest BCUT2D eigenvalue weighted by atomic mass is 10.2. The Morgan fingerprint density at radius 3 is 2.24 bits per heavy atom. The Morgan fingerprint density at radius 1 is 1.00 bits per heavy atom. The highest BCUT2D eigenvalue weighted by molar-refractivity contribution is 7.13. The summed E-state index contributed by atoms with van der Waals surface area (Å²) in [7, 11) is 0. The Hall–Kier alpha value is -2.67. The molecule has 7 heteroatoms. The highest BCUT2D eigenvalue weighted by Gasteiger charge is 2.11. The standard InChI is InChI=1S/C18H21N3O3S/c1-11(2)20-17(23)13-5-7-14(8-6-13)21-16(22)10-19-18(24)15-9-4-12(3)25-15/h4-9,11H,10H2,1-3H3,(H,19,24)(H,20,23)(H,21,22). The molecule has 2 aromatic rings. The monoisotopic (exact) mass is 359 g/mol. The zero-order valence-corrected chi connectivity index (χ0v) is 15.2. The minimum absolute atomic E-state index is 0.0580. The van der Waals surface area contributed by atoms with Crippen LogP contribution >= 0.6 is 11.3 Å². The quantitative estimate of drug-likeness (QED) is 0.741. The molecule has 25 heavy (non-hydrogen) atoms. The van der Waals surface area contributed by atoms with Gasteiger partial charge in [-0.15, -0.1) is 11.3 Å². The first kappa shape index (κ1) is 18.7. The fraction of sp³-hybridized carbons (Fsp3) is 0.278. The number of hydrogen-bond donors (Lipinski definition) is 3. The van der Waals surface area contributed by atoms with Gasteiger partial charge in [0.2, 0.25) is 5.91 Å². The topological polar surface area (TPSA) is 87.3 Å². The van der Waals surface area contributed by atoms with Crippen LogP contribution in [0.3, 0.4) is 0 Å². The first-order valence-electron chi connectivity index (χ1n) is 7.90. The molecule has 0 fully saturated rings. The van der Waals surface area contributed by atoms with Crippen LogP contribution in [0.1, 0.15) is 38.8 Å². The predicted molar refractivity (Wildman–Crippen MR) is 99.1 cm³/mol. The second-order valence-corrected chi connectivity index (χ2v) is 7.13. The minimum atomic E-state index is -0.332. The average Bonchev–Trinajstić information content (AvgIpc) is 2.99. The fourth-order valence-electron chi connectivity index (χ4n) is 2.06. The zero-order valence-electron chi connectivity index (χ0n) is 14.4. The third-order valence-corrected chi connectivity index (χ3v) is 4.22. The highest BCUT2D eigenvalue weighted by Crippen LogP contribution is 2.14. The Morgan fingerprint density at radius 2 is 1.68 bits per heavy atom. The van der Waals surface area contributed by atoms with E-state index >= 15 is 0 Å². The van der Waals surface area contributed by atoms with Crippen LogP contribution < -0.4 is 16.0 Å². The molecule has 3 N–H and O–H groups in total. The Kier molecular flexibility index (Phi) is 6.30. The number of carbonyl (C=O) groups is 3. The molecule has 0 aliphatic heterocycles. The lowest BCUT2D eigenvalue weighted by Crippen LogP contribution is -2.32. The molecule has 2 rings (SSSR count). The van der Waals surface area contributed by atoms with E-state index in [1.807, 2.05) is 26.8 Å². The minimum Gasteiger partial charge on any atom is -0.350 e. The van der Waals surface area contributed by atoms with E-state index in [1.165, 1.54) is 11.3 Å². The molecule has 0 aliphatic rings. The van der Waals surface area contributed by atoms with Crippen LogP contribution in [0.5, 0.6) is 0 Å². The first-order chi connectivity index (χ1) is 11.8. The van der Waals surface area contributed by atoms with Crippen molar-refractivity contribution < 1.29 is 14.4 Å². The molecule has 1 aromatic carbocycles. The van der Waals surface area contributed by atoms with Crippen molar-refractivity contribution in [1.29, 1.82) is 0 Å². The number of carbonyl (C=O) groups excluding carboxylic acids is 3. The van der Waals surface area contributed by atoms with E-state index in [2.05, 4.69) is 16.0 Å². The fourth-order valence-corrected chi connectivity index (χ4v) is 2.84. The first-order valence-corrected chi connectivity index (χ1v) is 8.72. The van der Waals surface area contributed by atoms with E-state index in [0.717, 1.165) is 4.88 Å². The number of aryl methyl sites for hydroxylation is 1. The Bertz CT molecular complexity index is 766. The summed E-state index contributed by atoms with van der Waals surface area (Å²) in [6.07, 6.45) is 0. The maximum atomic E-state index is 11.9. The van der Waals surface area contributed by atoms with Crippen LogP contribution in [0.4, 0.5) is 5.69 Å². The molecule has 0 bridgehead atoms. The molecule has 0 saturated carbocycles. The van der Waals surface area contributed by atoms with Gasteiger partial charge in [-0.2, -0.15) is 0 Å². The summed E-state index contributed by atoms with van der Waals surface area (Å²) in [6.45, 7) is 5.57. The van der Waals surface area contributed by atoms with Gasteiger partial charge in [0.15, 0.2) is 0 Å². The second-order valence-electron chi connectivity index (χ2n) is 5.85. The molecule has 0 saturated heterocycles. The van der Waals surface area contributed by atoms with E-state index in [0.29, 0.717) is 16.1 Å². The summed E-state index contributed by atoms with van der Waals surface area (Å²) in [6, 6.07) is 10.2. The van der Waals surface area contributed by atoms with Crippen LogP contribution in [0.15, 0.2) is 36.4 Å². The van der Waals surface area contributed by atoms with Crippen molar-refractivity contribution in [3.05, 3.63) is 51.7 Å². The molecule has 6 nitrogen and oxygen atoms in total. The van der Waals surface area contributed by atoms with Crippen molar-refractivity contribution in [2.45, 2.75) is 26.8 Å². The van der Waals surface area contributed by atoms with Crippen LogP contribution in [0, 0.1) is 6.92 Å². The van der Waals surface area contributed by atoms with Gasteiger partial charge in [0, 0.05) is 22.2 Å². The Balaban J connectivity index is 1.84. The van der Waals surface area contributed by atoms with Gasteiger partial charge >= 0.3 is 0 Å². The predicted octanol–water partition coefficient (Wildman–Crippen LogP) is 2.56. The van der Waals surface area contributed by atoms with Gasteiger partial charge in [-0.1, -0.05) is 0 Å². The number of rotatable bonds is 6. The summed E-state index contributed by atoms with van der Waals surface area (Å²) in [5.74, 6) is -0.763. The molecule has 0 radical (unpaired) electrons. The van der Waals surface area contributed by atoms with E-state index < -0.39 is 0 Å². The maximum absolute atomic E-state index is 11.9. The van der Waals surface area contributed by atoms with Crippen molar-refractivity contribution in [3.63, 3.8) is 0 Å². The summed E-state index contributed by atoms with van der Waals surface area (Å²) >= 11 is 1.38. The van der Waals surface area contributed by atoms with E-state index in [9.17, 15) is 14.4 Å². The van der Waals surface area contributed by atoms with E-state index in [4.69, 9.17) is 0 Å². The molecule has 0 spiro atoms. The smallest absolute Gasteiger partial charge is 0.261 e. The van der Waals surface area contributed by atoms with E-state index in [1.54, 1.807) is 30.3 Å². The number of nitrogens with one attached hydrogen (secondary N) is 3. The van der Waals surface area contributed by atoms with Gasteiger partial charge in [-0.05, 0) is 57.2 Å². The Labute approximate surface area is 150 Å². The molecule has 1 aromatic heterocycles. The van der Waals surface area contributed by atoms with Gasteiger partial charge in [0.05, 0.1) is 11.4 Å². The van der Waals surface area contributed by atoms with Gasteiger partial charge in [0.1, 0.15) is 0 Å². The summed E-state index contributed by atoms with van der Waals surface area (Å²) in [4.78, 5) is 37.3. The number of thiophene rings is 1. The number of anilines is 1.